The molecule has 3 aromatic rings. The number of ether oxygens (including phenoxy) is 2. The zero-order valence-corrected chi connectivity index (χ0v) is 22.5. The zero-order valence-electron chi connectivity index (χ0n) is 21.8. The molecule has 2 aliphatic heterocycles. The second-order valence-electron chi connectivity index (χ2n) is 9.63. The van der Waals surface area contributed by atoms with E-state index in [1.165, 1.54) is 19.2 Å². The van der Waals surface area contributed by atoms with Crippen LogP contribution in [0.25, 0.3) is 0 Å². The number of aryl methyl sites for hydroxylation is 1. The highest BCUT2D eigenvalue weighted by Crippen LogP contribution is 2.43. The lowest BCUT2D eigenvalue weighted by atomic mass is 9.90. The van der Waals surface area contributed by atoms with Gasteiger partial charge in [0.1, 0.15) is 6.04 Å². The van der Waals surface area contributed by atoms with Crippen LogP contribution in [0, 0.1) is 0 Å². The number of methoxy groups -OCH3 is 1. The van der Waals surface area contributed by atoms with Gasteiger partial charge in [-0.15, -0.1) is 0 Å². The van der Waals surface area contributed by atoms with Crippen LogP contribution in [0.4, 0.5) is 21.0 Å². The fourth-order valence-electron chi connectivity index (χ4n) is 4.97. The van der Waals surface area contributed by atoms with E-state index in [2.05, 4.69) is 25.7 Å². The van der Waals surface area contributed by atoms with Gasteiger partial charge in [0.2, 0.25) is 5.91 Å². The molecule has 0 saturated carbocycles. The Morgan fingerprint density at radius 3 is 2.70 bits per heavy atom. The van der Waals surface area contributed by atoms with Gasteiger partial charge in [0.15, 0.2) is 5.60 Å². The van der Waals surface area contributed by atoms with Crippen LogP contribution < -0.4 is 16.0 Å². The van der Waals surface area contributed by atoms with Gasteiger partial charge >= 0.3 is 12.2 Å². The highest BCUT2D eigenvalue weighted by Gasteiger charge is 2.49. The van der Waals surface area contributed by atoms with Crippen molar-refractivity contribution < 1.29 is 28.7 Å². The second kappa shape index (κ2) is 10.9. The third-order valence-electron chi connectivity index (χ3n) is 7.05. The minimum atomic E-state index is -1.05. The van der Waals surface area contributed by atoms with Crippen LogP contribution in [0.2, 0.25) is 5.02 Å². The average molecular weight is 567 g/mol. The standard InChI is InChI=1S/C27H27ClN6O6/c1-33-15-29-13-19(33)12-22(31-23(35)16-3-6-18(7-4-16)30-25(37)39-2)24(36)34-10-9-27(14-34)20-11-17(28)5-8-21(20)32-26(38)40-27/h3-8,11,13,15,22H,9-10,12,14H2,1-2H3,(H,30,37)(H,31,35)(H,32,38)/t22-,27?/m0/s1. The first-order chi connectivity index (χ1) is 19.2. The number of aromatic nitrogens is 2. The molecule has 2 atom stereocenters. The molecule has 4 amide bonds. The topological polar surface area (TPSA) is 144 Å². The van der Waals surface area contributed by atoms with Gasteiger partial charge in [0.25, 0.3) is 5.91 Å². The summed E-state index contributed by atoms with van der Waals surface area (Å²) in [7, 11) is 3.06. The van der Waals surface area contributed by atoms with E-state index < -0.39 is 29.7 Å². The molecule has 2 aliphatic rings. The first-order valence-electron chi connectivity index (χ1n) is 12.5. The van der Waals surface area contributed by atoms with Crippen molar-refractivity contribution in [1.82, 2.24) is 19.8 Å². The Bertz CT molecular complexity index is 1470. The van der Waals surface area contributed by atoms with E-state index in [0.717, 1.165) is 5.69 Å². The summed E-state index contributed by atoms with van der Waals surface area (Å²) in [5.41, 5.74) is 1.72. The van der Waals surface area contributed by atoms with Gasteiger partial charge in [-0.05, 0) is 42.5 Å². The molecular weight excluding hydrogens is 540 g/mol. The molecule has 1 saturated heterocycles. The molecule has 3 heterocycles. The molecule has 1 aromatic heterocycles. The molecule has 1 spiro atoms. The SMILES string of the molecule is COC(=O)Nc1ccc(C(=O)N[C@@H](Cc2cncn2C)C(=O)N2CCC3(C2)OC(=O)Nc2ccc(Cl)cc23)cc1. The van der Waals surface area contributed by atoms with E-state index in [4.69, 9.17) is 16.3 Å². The van der Waals surface area contributed by atoms with Crippen molar-refractivity contribution >= 4 is 47.0 Å². The Hall–Kier alpha value is -4.58. The molecule has 3 N–H and O–H groups in total. The number of benzene rings is 2. The van der Waals surface area contributed by atoms with Crippen molar-refractivity contribution in [2.75, 3.05) is 30.8 Å². The van der Waals surface area contributed by atoms with Crippen LogP contribution in [0.5, 0.6) is 0 Å². The van der Waals surface area contributed by atoms with Gasteiger partial charge in [0.05, 0.1) is 25.7 Å². The minimum absolute atomic E-state index is 0.109. The van der Waals surface area contributed by atoms with E-state index in [9.17, 15) is 19.2 Å². The first-order valence-corrected chi connectivity index (χ1v) is 12.8. The maximum Gasteiger partial charge on any atom is 0.412 e. The van der Waals surface area contributed by atoms with E-state index in [-0.39, 0.29) is 18.9 Å². The summed E-state index contributed by atoms with van der Waals surface area (Å²) in [5.74, 6) is -0.793. The summed E-state index contributed by atoms with van der Waals surface area (Å²) in [6.07, 6.45) is 2.58. The number of amides is 4. The molecule has 12 nitrogen and oxygen atoms in total. The molecule has 5 rings (SSSR count). The highest BCUT2D eigenvalue weighted by atomic mass is 35.5. The van der Waals surface area contributed by atoms with Crippen LogP contribution in [0.1, 0.15) is 28.0 Å². The van der Waals surface area contributed by atoms with Crippen molar-refractivity contribution in [1.29, 1.82) is 0 Å². The predicted molar refractivity (Wildman–Crippen MR) is 145 cm³/mol. The zero-order chi connectivity index (χ0) is 28.4. The fourth-order valence-corrected chi connectivity index (χ4v) is 5.14. The Kier molecular flexibility index (Phi) is 7.35. The third kappa shape index (κ3) is 5.43. The summed E-state index contributed by atoms with van der Waals surface area (Å²) in [6, 6.07) is 10.4. The van der Waals surface area contributed by atoms with Crippen molar-refractivity contribution in [3.8, 4) is 0 Å². The molecule has 0 bridgehead atoms. The van der Waals surface area contributed by atoms with Crippen LogP contribution >= 0.6 is 11.6 Å². The van der Waals surface area contributed by atoms with Crippen molar-refractivity contribution in [2.24, 2.45) is 7.05 Å². The molecule has 0 radical (unpaired) electrons. The Morgan fingerprint density at radius 1 is 1.23 bits per heavy atom. The Balaban J connectivity index is 1.37. The smallest absolute Gasteiger partial charge is 0.412 e. The number of halogens is 1. The molecule has 1 fully saturated rings. The molecule has 13 heteroatoms. The summed E-state index contributed by atoms with van der Waals surface area (Å²) < 4.78 is 12.1. The largest absolute Gasteiger partial charge is 0.453 e. The summed E-state index contributed by atoms with van der Waals surface area (Å²) in [5, 5.41) is 8.54. The van der Waals surface area contributed by atoms with Gasteiger partial charge in [-0.1, -0.05) is 11.6 Å². The quantitative estimate of drug-likeness (QED) is 0.415. The van der Waals surface area contributed by atoms with Gasteiger partial charge in [0, 0.05) is 60.2 Å². The molecule has 0 aliphatic carbocycles. The number of nitrogens with zero attached hydrogens (tertiary/aromatic N) is 3. The van der Waals surface area contributed by atoms with Gasteiger partial charge in [-0.2, -0.15) is 0 Å². The van der Waals surface area contributed by atoms with Crippen LogP contribution in [-0.2, 0) is 33.3 Å². The molecule has 1 unspecified atom stereocenters. The van der Waals surface area contributed by atoms with Crippen molar-refractivity contribution in [3.63, 3.8) is 0 Å². The van der Waals surface area contributed by atoms with Crippen LogP contribution in [-0.4, -0.2) is 64.7 Å². The van der Waals surface area contributed by atoms with E-state index >= 15 is 0 Å². The maximum absolute atomic E-state index is 13.9. The Morgan fingerprint density at radius 2 is 2.00 bits per heavy atom. The number of carbonyl (C=O) groups is 4. The lowest BCUT2D eigenvalue weighted by Crippen LogP contribution is -2.50. The monoisotopic (exact) mass is 566 g/mol. The maximum atomic E-state index is 13.9. The van der Waals surface area contributed by atoms with Crippen LogP contribution in [0.15, 0.2) is 55.0 Å². The summed E-state index contributed by atoms with van der Waals surface area (Å²) in [6.45, 7) is 0.419. The fraction of sp³-hybridized carbons (Fsp3) is 0.296. The summed E-state index contributed by atoms with van der Waals surface area (Å²) in [4.78, 5) is 56.6. The number of nitrogens with one attached hydrogen (secondary N) is 3. The van der Waals surface area contributed by atoms with E-state index in [1.807, 2.05) is 0 Å². The van der Waals surface area contributed by atoms with Crippen molar-refractivity contribution in [3.05, 3.63) is 76.8 Å². The number of hydrogen-bond acceptors (Lipinski definition) is 7. The number of carbonyl (C=O) groups excluding carboxylic acids is 4. The second-order valence-corrected chi connectivity index (χ2v) is 10.1. The summed E-state index contributed by atoms with van der Waals surface area (Å²) >= 11 is 6.24. The average Bonchev–Trinajstić information content (AvgIpc) is 3.55. The van der Waals surface area contributed by atoms with Gasteiger partial charge in [-0.25, -0.2) is 14.6 Å². The number of hydrogen-bond donors (Lipinski definition) is 3. The first kappa shape index (κ1) is 27.0. The number of likely N-dealkylation sites (tertiary alicyclic amines) is 1. The normalized spacial score (nSPS) is 18.4. The lowest BCUT2D eigenvalue weighted by Gasteiger charge is -2.35. The van der Waals surface area contributed by atoms with E-state index in [1.54, 1.807) is 59.4 Å². The number of imidazole rings is 1. The molecule has 2 aromatic carbocycles. The third-order valence-corrected chi connectivity index (χ3v) is 7.29. The van der Waals surface area contributed by atoms with E-state index in [0.29, 0.717) is 40.5 Å². The minimum Gasteiger partial charge on any atom is -0.453 e. The van der Waals surface area contributed by atoms with Crippen molar-refractivity contribution in [2.45, 2.75) is 24.5 Å². The predicted octanol–water partition coefficient (Wildman–Crippen LogP) is 3.28. The molecule has 208 valence electrons. The van der Waals surface area contributed by atoms with Gasteiger partial charge in [-0.3, -0.25) is 20.2 Å². The van der Waals surface area contributed by atoms with Gasteiger partial charge < -0.3 is 24.3 Å². The highest BCUT2D eigenvalue weighted by molar-refractivity contribution is 6.30. The molecule has 40 heavy (non-hydrogen) atoms. The number of rotatable bonds is 6. The lowest BCUT2D eigenvalue weighted by molar-refractivity contribution is -0.133. The molecular formula is C27H27ClN6O6. The number of anilines is 2. The Labute approximate surface area is 234 Å². The number of fused-ring (bicyclic) bond motifs is 2. The van der Waals surface area contributed by atoms with Crippen LogP contribution in [0.3, 0.4) is 0 Å².